The van der Waals surface area contributed by atoms with E-state index in [1.54, 1.807) is 6.20 Å². The average Bonchev–Trinajstić information content (AvgIpc) is 3.37. The molecule has 1 aliphatic carbocycles. The van der Waals surface area contributed by atoms with Crippen LogP contribution in [0.1, 0.15) is 73.4 Å². The molecule has 6 nitrogen and oxygen atoms in total. The van der Waals surface area contributed by atoms with Gasteiger partial charge in [0.05, 0.1) is 29.7 Å². The third-order valence-corrected chi connectivity index (χ3v) is 5.46. The maximum absolute atomic E-state index is 12.9. The van der Waals surface area contributed by atoms with Gasteiger partial charge in [-0.25, -0.2) is 9.67 Å². The van der Waals surface area contributed by atoms with E-state index in [4.69, 9.17) is 0 Å². The number of hydrogen-bond acceptors (Lipinski definition) is 3. The first-order valence-electron chi connectivity index (χ1n) is 9.83. The minimum atomic E-state index is -0.0759. The van der Waals surface area contributed by atoms with E-state index in [1.165, 1.54) is 12.8 Å². The van der Waals surface area contributed by atoms with Gasteiger partial charge in [-0.15, -0.1) is 0 Å². The number of aromatic nitrogens is 4. The first-order chi connectivity index (χ1) is 13.0. The van der Waals surface area contributed by atoms with Crippen molar-refractivity contribution in [2.24, 2.45) is 0 Å². The lowest BCUT2D eigenvalue weighted by molar-refractivity contribution is 0.0951. The molecule has 0 unspecified atom stereocenters. The van der Waals surface area contributed by atoms with Crippen LogP contribution in [0.25, 0.3) is 11.0 Å². The van der Waals surface area contributed by atoms with Gasteiger partial charge in [-0.2, -0.15) is 5.10 Å². The van der Waals surface area contributed by atoms with E-state index in [9.17, 15) is 4.79 Å². The lowest BCUT2D eigenvalue weighted by Gasteiger charge is -2.14. The number of nitrogens with one attached hydrogen (secondary N) is 1. The third kappa shape index (κ3) is 3.36. The summed E-state index contributed by atoms with van der Waals surface area (Å²) < 4.78 is 4.20. The van der Waals surface area contributed by atoms with Gasteiger partial charge in [-0.05, 0) is 51.8 Å². The quantitative estimate of drug-likeness (QED) is 0.738. The molecule has 0 spiro atoms. The average molecular weight is 365 g/mol. The van der Waals surface area contributed by atoms with Crippen molar-refractivity contribution < 1.29 is 4.79 Å². The van der Waals surface area contributed by atoms with Crippen molar-refractivity contribution in [2.45, 2.75) is 65.1 Å². The number of fused-ring (bicyclic) bond motifs is 1. The molecule has 27 heavy (non-hydrogen) atoms. The first-order valence-corrected chi connectivity index (χ1v) is 9.83. The zero-order valence-electron chi connectivity index (χ0n) is 16.3. The van der Waals surface area contributed by atoms with Gasteiger partial charge in [0.1, 0.15) is 0 Å². The monoisotopic (exact) mass is 365 g/mol. The van der Waals surface area contributed by atoms with Crippen molar-refractivity contribution in [3.8, 4) is 0 Å². The van der Waals surface area contributed by atoms with Gasteiger partial charge in [0.25, 0.3) is 5.91 Å². The summed E-state index contributed by atoms with van der Waals surface area (Å²) in [4.78, 5) is 17.6. The van der Waals surface area contributed by atoms with Gasteiger partial charge >= 0.3 is 0 Å². The Morgan fingerprint density at radius 2 is 2.11 bits per heavy atom. The molecule has 1 aliphatic rings. The topological polar surface area (TPSA) is 64.7 Å². The molecular weight excluding hydrogens is 338 g/mol. The second-order valence-electron chi connectivity index (χ2n) is 7.76. The van der Waals surface area contributed by atoms with Crippen LogP contribution in [-0.4, -0.2) is 25.2 Å². The van der Waals surface area contributed by atoms with Gasteiger partial charge in [-0.3, -0.25) is 4.79 Å². The number of rotatable bonds is 5. The SMILES string of the molecule is Cc1cc(C(=O)NCc2cccn2C(C)C)c2cnn(C3CCCC3)c2n1. The molecule has 0 radical (unpaired) electrons. The van der Waals surface area contributed by atoms with E-state index in [0.717, 1.165) is 35.3 Å². The fourth-order valence-electron chi connectivity index (χ4n) is 4.10. The molecule has 0 aromatic carbocycles. The lowest BCUT2D eigenvalue weighted by atomic mass is 10.1. The molecule has 1 N–H and O–H groups in total. The predicted molar refractivity (Wildman–Crippen MR) is 106 cm³/mol. The summed E-state index contributed by atoms with van der Waals surface area (Å²) in [7, 11) is 0. The van der Waals surface area contributed by atoms with Crippen molar-refractivity contribution in [3.63, 3.8) is 0 Å². The van der Waals surface area contributed by atoms with Crippen molar-refractivity contribution in [3.05, 3.63) is 47.5 Å². The standard InChI is InChI=1S/C21H27N5O/c1-14(2)25-10-6-9-17(25)12-22-21(27)18-11-15(3)24-20-19(18)13-23-26(20)16-7-4-5-8-16/h6,9-11,13-14,16H,4-5,7-8,12H2,1-3H3,(H,22,27). The smallest absolute Gasteiger partial charge is 0.252 e. The van der Waals surface area contributed by atoms with Crippen molar-refractivity contribution in [1.82, 2.24) is 24.6 Å². The summed E-state index contributed by atoms with van der Waals surface area (Å²) >= 11 is 0. The summed E-state index contributed by atoms with van der Waals surface area (Å²) in [6.45, 7) is 6.72. The number of aryl methyl sites for hydroxylation is 1. The molecule has 0 atom stereocenters. The second-order valence-corrected chi connectivity index (χ2v) is 7.76. The number of carbonyl (C=O) groups is 1. The molecule has 1 fully saturated rings. The minimum absolute atomic E-state index is 0.0759. The van der Waals surface area contributed by atoms with Crippen molar-refractivity contribution >= 4 is 16.9 Å². The van der Waals surface area contributed by atoms with Crippen LogP contribution >= 0.6 is 0 Å². The molecule has 3 heterocycles. The summed E-state index contributed by atoms with van der Waals surface area (Å²) in [6.07, 6.45) is 8.60. The number of hydrogen-bond donors (Lipinski definition) is 1. The molecule has 3 aromatic heterocycles. The summed E-state index contributed by atoms with van der Waals surface area (Å²) in [5.41, 5.74) is 3.43. The summed E-state index contributed by atoms with van der Waals surface area (Å²) in [6, 6.07) is 6.70. The van der Waals surface area contributed by atoms with E-state index in [1.807, 2.05) is 36.0 Å². The normalized spacial score (nSPS) is 15.1. The maximum Gasteiger partial charge on any atom is 0.252 e. The van der Waals surface area contributed by atoms with Crippen LogP contribution in [0.15, 0.2) is 30.6 Å². The molecule has 0 aliphatic heterocycles. The lowest BCUT2D eigenvalue weighted by Crippen LogP contribution is -2.25. The van der Waals surface area contributed by atoms with E-state index >= 15 is 0 Å². The van der Waals surface area contributed by atoms with Gasteiger partial charge in [-0.1, -0.05) is 12.8 Å². The Labute approximate surface area is 159 Å². The molecule has 3 aromatic rings. The molecular formula is C21H27N5O. The van der Waals surface area contributed by atoms with E-state index < -0.39 is 0 Å². The highest BCUT2D eigenvalue weighted by Gasteiger charge is 2.22. The Bertz CT molecular complexity index is 962. The minimum Gasteiger partial charge on any atom is -0.347 e. The molecule has 4 rings (SSSR count). The molecule has 1 saturated carbocycles. The highest BCUT2D eigenvalue weighted by Crippen LogP contribution is 2.32. The number of carbonyl (C=O) groups excluding carboxylic acids is 1. The fourth-order valence-corrected chi connectivity index (χ4v) is 4.10. The van der Waals surface area contributed by atoms with E-state index in [0.29, 0.717) is 24.2 Å². The number of nitrogens with zero attached hydrogens (tertiary/aromatic N) is 4. The van der Waals surface area contributed by atoms with Crippen LogP contribution in [-0.2, 0) is 6.54 Å². The van der Waals surface area contributed by atoms with Gasteiger partial charge in [0.15, 0.2) is 5.65 Å². The Morgan fingerprint density at radius 3 is 2.85 bits per heavy atom. The predicted octanol–water partition coefficient (Wildman–Crippen LogP) is 4.17. The summed E-state index contributed by atoms with van der Waals surface area (Å²) in [5, 5.41) is 8.49. The van der Waals surface area contributed by atoms with Crippen LogP contribution in [0.3, 0.4) is 0 Å². The summed E-state index contributed by atoms with van der Waals surface area (Å²) in [5.74, 6) is -0.0759. The molecule has 1 amide bonds. The van der Waals surface area contributed by atoms with Crippen LogP contribution in [0.5, 0.6) is 0 Å². The highest BCUT2D eigenvalue weighted by molar-refractivity contribution is 6.05. The first kappa shape index (κ1) is 17.8. The zero-order valence-corrected chi connectivity index (χ0v) is 16.3. The van der Waals surface area contributed by atoms with Crippen molar-refractivity contribution in [1.29, 1.82) is 0 Å². The van der Waals surface area contributed by atoms with Crippen LogP contribution < -0.4 is 5.32 Å². The zero-order chi connectivity index (χ0) is 19.0. The van der Waals surface area contributed by atoms with E-state index in [-0.39, 0.29) is 5.91 Å². The Kier molecular flexibility index (Phi) is 4.72. The van der Waals surface area contributed by atoms with Gasteiger partial charge in [0.2, 0.25) is 0 Å². The molecule has 142 valence electrons. The maximum atomic E-state index is 12.9. The Balaban J connectivity index is 1.61. The highest BCUT2D eigenvalue weighted by atomic mass is 16.1. The van der Waals surface area contributed by atoms with Crippen LogP contribution in [0, 0.1) is 6.92 Å². The largest absolute Gasteiger partial charge is 0.347 e. The van der Waals surface area contributed by atoms with Gasteiger partial charge < -0.3 is 9.88 Å². The number of amides is 1. The third-order valence-electron chi connectivity index (χ3n) is 5.46. The molecule has 0 saturated heterocycles. The van der Waals surface area contributed by atoms with Crippen LogP contribution in [0.4, 0.5) is 0 Å². The Hall–Kier alpha value is -2.63. The van der Waals surface area contributed by atoms with Crippen LogP contribution in [0.2, 0.25) is 0 Å². The fraction of sp³-hybridized carbons (Fsp3) is 0.476. The number of pyridine rings is 1. The second kappa shape index (κ2) is 7.18. The molecule has 6 heteroatoms. The van der Waals surface area contributed by atoms with Crippen molar-refractivity contribution in [2.75, 3.05) is 0 Å². The van der Waals surface area contributed by atoms with E-state index in [2.05, 4.69) is 33.8 Å². The Morgan fingerprint density at radius 1 is 1.33 bits per heavy atom. The van der Waals surface area contributed by atoms with Gasteiger partial charge in [0, 0.05) is 23.6 Å². The molecule has 0 bridgehead atoms.